The third kappa shape index (κ3) is 3.08. The Morgan fingerprint density at radius 2 is 2.06 bits per heavy atom. The van der Waals surface area contributed by atoms with Gasteiger partial charge in [0.15, 0.2) is 5.60 Å². The van der Waals surface area contributed by atoms with Crippen LogP contribution in [-0.4, -0.2) is 25.3 Å². The Bertz CT molecular complexity index is 248. The van der Waals surface area contributed by atoms with Gasteiger partial charge in [-0.3, -0.25) is 0 Å². The van der Waals surface area contributed by atoms with Crippen molar-refractivity contribution in [1.29, 1.82) is 0 Å². The van der Waals surface area contributed by atoms with Gasteiger partial charge < -0.3 is 9.47 Å². The first-order valence-corrected chi connectivity index (χ1v) is 6.03. The third-order valence-corrected chi connectivity index (χ3v) is 3.26. The van der Waals surface area contributed by atoms with Crippen LogP contribution >= 0.6 is 0 Å². The van der Waals surface area contributed by atoms with Crippen molar-refractivity contribution in [3.05, 3.63) is 12.2 Å². The highest BCUT2D eigenvalue weighted by Crippen LogP contribution is 2.34. The van der Waals surface area contributed by atoms with Gasteiger partial charge in [-0.05, 0) is 32.1 Å². The molecule has 0 bridgehead atoms. The molecule has 0 spiro atoms. The van der Waals surface area contributed by atoms with Crippen LogP contribution in [0.1, 0.15) is 45.4 Å². The summed E-state index contributed by atoms with van der Waals surface area (Å²) in [5.41, 5.74) is 0.489. The SMILES string of the molecule is C=C1CCC(OC)(C(=O)OCCCC)CC1. The van der Waals surface area contributed by atoms with E-state index in [1.165, 1.54) is 5.57 Å². The highest BCUT2D eigenvalue weighted by Gasteiger charge is 2.41. The van der Waals surface area contributed by atoms with Crippen molar-refractivity contribution in [3.63, 3.8) is 0 Å². The quantitative estimate of drug-likeness (QED) is 0.411. The van der Waals surface area contributed by atoms with Crippen molar-refractivity contribution in [1.82, 2.24) is 0 Å². The first kappa shape index (κ1) is 13.2. The van der Waals surface area contributed by atoms with Crippen molar-refractivity contribution in [2.24, 2.45) is 0 Å². The molecule has 1 fully saturated rings. The molecule has 0 atom stereocenters. The second-order valence-corrected chi connectivity index (χ2v) is 4.44. The molecular weight excluding hydrogens is 204 g/mol. The zero-order chi connectivity index (χ0) is 12.0. The number of hydrogen-bond donors (Lipinski definition) is 0. The Hall–Kier alpha value is -0.830. The first-order chi connectivity index (χ1) is 7.64. The minimum atomic E-state index is -0.713. The van der Waals surface area contributed by atoms with E-state index in [9.17, 15) is 4.79 Å². The molecule has 0 aromatic rings. The summed E-state index contributed by atoms with van der Waals surface area (Å²) in [4.78, 5) is 12.0. The zero-order valence-corrected chi connectivity index (χ0v) is 10.4. The molecule has 0 aliphatic heterocycles. The van der Waals surface area contributed by atoms with Crippen LogP contribution in [0.4, 0.5) is 0 Å². The maximum atomic E-state index is 12.0. The minimum absolute atomic E-state index is 0.198. The fourth-order valence-corrected chi connectivity index (χ4v) is 1.94. The molecule has 1 aliphatic carbocycles. The average Bonchev–Trinajstić information content (AvgIpc) is 2.31. The van der Waals surface area contributed by atoms with Crippen molar-refractivity contribution in [3.8, 4) is 0 Å². The molecule has 16 heavy (non-hydrogen) atoms. The molecule has 0 N–H and O–H groups in total. The first-order valence-electron chi connectivity index (χ1n) is 6.03. The topological polar surface area (TPSA) is 35.5 Å². The van der Waals surface area contributed by atoms with Gasteiger partial charge in [0, 0.05) is 7.11 Å². The lowest BCUT2D eigenvalue weighted by Crippen LogP contribution is -2.44. The summed E-state index contributed by atoms with van der Waals surface area (Å²) < 4.78 is 10.7. The van der Waals surface area contributed by atoms with E-state index in [0.717, 1.165) is 25.7 Å². The maximum absolute atomic E-state index is 12.0. The van der Waals surface area contributed by atoms with E-state index in [1.807, 2.05) is 0 Å². The van der Waals surface area contributed by atoms with E-state index < -0.39 is 5.60 Å². The summed E-state index contributed by atoms with van der Waals surface area (Å²) in [7, 11) is 1.59. The Kier molecular flexibility index (Phi) is 5.00. The van der Waals surface area contributed by atoms with E-state index in [0.29, 0.717) is 19.4 Å². The molecule has 3 nitrogen and oxygen atoms in total. The summed E-state index contributed by atoms with van der Waals surface area (Å²) >= 11 is 0. The van der Waals surface area contributed by atoms with Crippen LogP contribution < -0.4 is 0 Å². The normalized spacial score (nSPS) is 19.5. The lowest BCUT2D eigenvalue weighted by atomic mass is 9.82. The fourth-order valence-electron chi connectivity index (χ4n) is 1.94. The van der Waals surface area contributed by atoms with Crippen LogP contribution in [0.2, 0.25) is 0 Å². The summed E-state index contributed by atoms with van der Waals surface area (Å²) in [6, 6.07) is 0. The number of ether oxygens (including phenoxy) is 2. The van der Waals surface area contributed by atoms with Gasteiger partial charge in [-0.2, -0.15) is 0 Å². The molecule has 1 aliphatic rings. The molecule has 0 aromatic carbocycles. The van der Waals surface area contributed by atoms with Crippen molar-refractivity contribution >= 4 is 5.97 Å². The monoisotopic (exact) mass is 226 g/mol. The highest BCUT2D eigenvalue weighted by molar-refractivity contribution is 5.80. The van der Waals surface area contributed by atoms with E-state index in [2.05, 4.69) is 13.5 Å². The summed E-state index contributed by atoms with van der Waals surface area (Å²) in [5.74, 6) is -0.198. The van der Waals surface area contributed by atoms with Gasteiger partial charge in [0.2, 0.25) is 0 Å². The molecule has 0 amide bonds. The second kappa shape index (κ2) is 6.04. The molecule has 1 saturated carbocycles. The van der Waals surface area contributed by atoms with Crippen molar-refractivity contribution in [2.45, 2.75) is 51.0 Å². The summed E-state index contributed by atoms with van der Waals surface area (Å²) in [6.45, 7) is 6.52. The number of carbonyl (C=O) groups excluding carboxylic acids is 1. The Labute approximate surface area is 97.8 Å². The van der Waals surface area contributed by atoms with Gasteiger partial charge in [0.1, 0.15) is 0 Å². The number of methoxy groups -OCH3 is 1. The molecule has 0 radical (unpaired) electrons. The standard InChI is InChI=1S/C13H22O3/c1-4-5-10-16-12(14)13(15-3)8-6-11(2)7-9-13/h2,4-10H2,1,3H3. The Morgan fingerprint density at radius 3 is 2.56 bits per heavy atom. The fraction of sp³-hybridized carbons (Fsp3) is 0.769. The van der Waals surface area contributed by atoms with E-state index >= 15 is 0 Å². The van der Waals surface area contributed by atoms with Gasteiger partial charge in [-0.15, -0.1) is 0 Å². The van der Waals surface area contributed by atoms with Crippen LogP contribution in [0.25, 0.3) is 0 Å². The molecular formula is C13H22O3. The molecule has 92 valence electrons. The predicted molar refractivity (Wildman–Crippen MR) is 63.2 cm³/mol. The number of hydrogen-bond acceptors (Lipinski definition) is 3. The van der Waals surface area contributed by atoms with Gasteiger partial charge in [0.05, 0.1) is 6.61 Å². The van der Waals surface area contributed by atoms with Crippen LogP contribution in [-0.2, 0) is 14.3 Å². The molecule has 0 unspecified atom stereocenters. The molecule has 0 saturated heterocycles. The van der Waals surface area contributed by atoms with Crippen LogP contribution in [0.15, 0.2) is 12.2 Å². The Morgan fingerprint density at radius 1 is 1.44 bits per heavy atom. The number of allylic oxidation sites excluding steroid dienone is 1. The second-order valence-electron chi connectivity index (χ2n) is 4.44. The largest absolute Gasteiger partial charge is 0.464 e. The molecule has 0 heterocycles. The number of rotatable bonds is 5. The minimum Gasteiger partial charge on any atom is -0.464 e. The van der Waals surface area contributed by atoms with E-state index in [4.69, 9.17) is 9.47 Å². The van der Waals surface area contributed by atoms with Gasteiger partial charge >= 0.3 is 5.97 Å². The van der Waals surface area contributed by atoms with Crippen LogP contribution in [0.5, 0.6) is 0 Å². The van der Waals surface area contributed by atoms with Gasteiger partial charge in [0.25, 0.3) is 0 Å². The lowest BCUT2D eigenvalue weighted by molar-refractivity contribution is -0.172. The van der Waals surface area contributed by atoms with Gasteiger partial charge in [-0.25, -0.2) is 4.79 Å². The Balaban J connectivity index is 2.51. The van der Waals surface area contributed by atoms with Crippen LogP contribution in [0.3, 0.4) is 0 Å². The average molecular weight is 226 g/mol. The number of esters is 1. The summed E-state index contributed by atoms with van der Waals surface area (Å²) in [6.07, 6.45) is 5.07. The smallest absolute Gasteiger partial charge is 0.338 e. The highest BCUT2D eigenvalue weighted by atomic mass is 16.6. The number of carbonyl (C=O) groups is 1. The summed E-state index contributed by atoms with van der Waals surface area (Å²) in [5, 5.41) is 0. The van der Waals surface area contributed by atoms with Crippen molar-refractivity contribution < 1.29 is 14.3 Å². The maximum Gasteiger partial charge on any atom is 0.338 e. The van der Waals surface area contributed by atoms with E-state index in [1.54, 1.807) is 7.11 Å². The van der Waals surface area contributed by atoms with Crippen molar-refractivity contribution in [2.75, 3.05) is 13.7 Å². The van der Waals surface area contributed by atoms with E-state index in [-0.39, 0.29) is 5.97 Å². The lowest BCUT2D eigenvalue weighted by Gasteiger charge is -2.34. The predicted octanol–water partition coefficient (Wildman–Crippen LogP) is 2.85. The zero-order valence-electron chi connectivity index (χ0n) is 10.4. The molecule has 3 heteroatoms. The molecule has 0 aromatic heterocycles. The number of unbranched alkanes of at least 4 members (excludes halogenated alkanes) is 1. The van der Waals surface area contributed by atoms with Crippen LogP contribution in [0, 0.1) is 0 Å². The third-order valence-electron chi connectivity index (χ3n) is 3.26. The molecule has 1 rings (SSSR count). The van der Waals surface area contributed by atoms with Gasteiger partial charge in [-0.1, -0.05) is 25.5 Å².